The van der Waals surface area contributed by atoms with Crippen molar-refractivity contribution in [2.45, 2.75) is 19.9 Å². The van der Waals surface area contributed by atoms with Crippen LogP contribution < -0.4 is 0 Å². The van der Waals surface area contributed by atoms with Crippen molar-refractivity contribution in [3.05, 3.63) is 101 Å². The summed E-state index contributed by atoms with van der Waals surface area (Å²) < 4.78 is 2.34. The van der Waals surface area contributed by atoms with Crippen molar-refractivity contribution < 1.29 is 0 Å². The lowest BCUT2D eigenvalue weighted by Gasteiger charge is -2.11. The number of nitrogens with zero attached hydrogens (tertiary/aromatic N) is 2. The molecule has 0 aliphatic carbocycles. The fourth-order valence-corrected chi connectivity index (χ4v) is 3.18. The predicted octanol–water partition coefficient (Wildman–Crippen LogP) is 4.98. The molecule has 0 bridgehead atoms. The zero-order valence-electron chi connectivity index (χ0n) is 13.8. The molecule has 1 aromatic heterocycles. The Kier molecular flexibility index (Phi) is 3.87. The fraction of sp³-hybridized carbons (Fsp3) is 0.136. The normalized spacial score (nSPS) is 11.0. The van der Waals surface area contributed by atoms with Gasteiger partial charge in [-0.25, -0.2) is 4.98 Å². The monoisotopic (exact) mass is 312 g/mol. The van der Waals surface area contributed by atoms with Crippen LogP contribution in [0.5, 0.6) is 0 Å². The number of benzene rings is 3. The molecule has 0 aliphatic rings. The Morgan fingerprint density at radius 1 is 0.792 bits per heavy atom. The highest BCUT2D eigenvalue weighted by Crippen LogP contribution is 2.21. The summed E-state index contributed by atoms with van der Waals surface area (Å²) in [6.45, 7) is 3.02. The molecule has 4 rings (SSSR count). The minimum atomic E-state index is 0.850. The van der Waals surface area contributed by atoms with E-state index in [-0.39, 0.29) is 0 Å². The number of aryl methyl sites for hydroxylation is 1. The summed E-state index contributed by atoms with van der Waals surface area (Å²) >= 11 is 0. The molecule has 118 valence electrons. The predicted molar refractivity (Wildman–Crippen MR) is 99.3 cm³/mol. The molecule has 0 saturated heterocycles. The topological polar surface area (TPSA) is 17.8 Å². The highest BCUT2D eigenvalue weighted by Gasteiger charge is 2.12. The highest BCUT2D eigenvalue weighted by molar-refractivity contribution is 5.76. The van der Waals surface area contributed by atoms with Crippen molar-refractivity contribution in [1.82, 2.24) is 9.55 Å². The Labute approximate surface area is 142 Å². The first-order chi connectivity index (χ1) is 11.8. The van der Waals surface area contributed by atoms with E-state index in [2.05, 4.69) is 90.4 Å². The first-order valence-corrected chi connectivity index (χ1v) is 8.34. The van der Waals surface area contributed by atoms with Gasteiger partial charge in [0.15, 0.2) is 0 Å². The van der Waals surface area contributed by atoms with Crippen LogP contribution in [0.15, 0.2) is 78.9 Å². The largest absolute Gasteiger partial charge is 0.323 e. The maximum Gasteiger partial charge on any atom is 0.114 e. The fourth-order valence-electron chi connectivity index (χ4n) is 3.18. The Balaban J connectivity index is 1.79. The second kappa shape index (κ2) is 6.32. The van der Waals surface area contributed by atoms with Gasteiger partial charge in [0, 0.05) is 13.0 Å². The van der Waals surface area contributed by atoms with Gasteiger partial charge in [-0.2, -0.15) is 0 Å². The first-order valence-electron chi connectivity index (χ1n) is 8.34. The van der Waals surface area contributed by atoms with E-state index in [1.54, 1.807) is 0 Å². The Bertz CT molecular complexity index is 968. The maximum absolute atomic E-state index is 4.91. The first kappa shape index (κ1) is 14.7. The summed E-state index contributed by atoms with van der Waals surface area (Å²) in [6, 6.07) is 27.5. The number of para-hydroxylation sites is 2. The van der Waals surface area contributed by atoms with Gasteiger partial charge in [-0.1, -0.05) is 66.7 Å². The van der Waals surface area contributed by atoms with E-state index < -0.39 is 0 Å². The van der Waals surface area contributed by atoms with Gasteiger partial charge in [0.2, 0.25) is 0 Å². The summed E-state index contributed by atoms with van der Waals surface area (Å²) in [5, 5.41) is 0. The van der Waals surface area contributed by atoms with Crippen LogP contribution in [0.2, 0.25) is 0 Å². The smallest absolute Gasteiger partial charge is 0.114 e. The Hall–Kier alpha value is -2.87. The van der Waals surface area contributed by atoms with E-state index in [0.29, 0.717) is 0 Å². The van der Waals surface area contributed by atoms with Crippen LogP contribution in [0.3, 0.4) is 0 Å². The number of hydrogen-bond acceptors (Lipinski definition) is 1. The van der Waals surface area contributed by atoms with Crippen molar-refractivity contribution in [2.75, 3.05) is 0 Å². The van der Waals surface area contributed by atoms with Crippen molar-refractivity contribution >= 4 is 11.0 Å². The van der Waals surface area contributed by atoms with Crippen molar-refractivity contribution in [3.8, 4) is 0 Å². The molecule has 0 aliphatic heterocycles. The minimum Gasteiger partial charge on any atom is -0.323 e. The third-order valence-electron chi connectivity index (χ3n) is 4.53. The molecule has 24 heavy (non-hydrogen) atoms. The van der Waals surface area contributed by atoms with E-state index in [9.17, 15) is 0 Å². The van der Waals surface area contributed by atoms with Crippen LogP contribution in [0.1, 0.15) is 22.5 Å². The molecule has 0 fully saturated rings. The second-order valence-corrected chi connectivity index (χ2v) is 6.19. The number of rotatable bonds is 4. The SMILES string of the molecule is Cc1ccccc1Cc1nc2ccccc2n1Cc1ccccc1. The van der Waals surface area contributed by atoms with E-state index in [4.69, 9.17) is 4.98 Å². The molecular formula is C22H20N2. The van der Waals surface area contributed by atoms with Crippen LogP contribution >= 0.6 is 0 Å². The lowest BCUT2D eigenvalue weighted by molar-refractivity contribution is 0.761. The van der Waals surface area contributed by atoms with Gasteiger partial charge in [0.05, 0.1) is 11.0 Å². The third kappa shape index (κ3) is 2.83. The molecule has 0 saturated carbocycles. The van der Waals surface area contributed by atoms with Crippen LogP contribution in [0.25, 0.3) is 11.0 Å². The molecule has 4 aromatic rings. The standard InChI is InChI=1S/C22H20N2/c1-17-9-5-6-12-19(17)15-22-23-20-13-7-8-14-21(20)24(22)16-18-10-3-2-4-11-18/h2-14H,15-16H2,1H3. The molecule has 0 spiro atoms. The summed E-state index contributed by atoms with van der Waals surface area (Å²) in [5.41, 5.74) is 6.21. The molecule has 0 atom stereocenters. The van der Waals surface area contributed by atoms with Gasteiger partial charge in [0.1, 0.15) is 5.82 Å². The molecule has 0 amide bonds. The minimum absolute atomic E-state index is 0.850. The molecule has 3 aromatic carbocycles. The van der Waals surface area contributed by atoms with Gasteiger partial charge in [0.25, 0.3) is 0 Å². The average Bonchev–Trinajstić information content (AvgIpc) is 2.95. The number of aromatic nitrogens is 2. The van der Waals surface area contributed by atoms with Crippen LogP contribution in [-0.4, -0.2) is 9.55 Å². The molecule has 0 N–H and O–H groups in total. The number of hydrogen-bond donors (Lipinski definition) is 0. The van der Waals surface area contributed by atoms with Crippen LogP contribution in [0.4, 0.5) is 0 Å². The zero-order chi connectivity index (χ0) is 16.4. The quantitative estimate of drug-likeness (QED) is 0.519. The van der Waals surface area contributed by atoms with Crippen LogP contribution in [0, 0.1) is 6.92 Å². The molecule has 1 heterocycles. The average molecular weight is 312 g/mol. The van der Waals surface area contributed by atoms with Gasteiger partial charge in [-0.05, 0) is 35.7 Å². The van der Waals surface area contributed by atoms with Crippen molar-refractivity contribution in [1.29, 1.82) is 0 Å². The van der Waals surface area contributed by atoms with Gasteiger partial charge in [-0.15, -0.1) is 0 Å². The lowest BCUT2D eigenvalue weighted by Crippen LogP contribution is -2.06. The summed E-state index contributed by atoms with van der Waals surface area (Å²) in [7, 11) is 0. The van der Waals surface area contributed by atoms with E-state index >= 15 is 0 Å². The second-order valence-electron chi connectivity index (χ2n) is 6.19. The van der Waals surface area contributed by atoms with Gasteiger partial charge < -0.3 is 4.57 Å². The summed E-state index contributed by atoms with van der Waals surface area (Å²) in [5.74, 6) is 1.12. The van der Waals surface area contributed by atoms with E-state index in [1.807, 2.05) is 0 Å². The molecule has 0 unspecified atom stereocenters. The van der Waals surface area contributed by atoms with Gasteiger partial charge in [-0.3, -0.25) is 0 Å². The molecule has 0 radical (unpaired) electrons. The molecule has 2 heteroatoms. The van der Waals surface area contributed by atoms with Crippen molar-refractivity contribution in [3.63, 3.8) is 0 Å². The van der Waals surface area contributed by atoms with E-state index in [0.717, 1.165) is 24.3 Å². The maximum atomic E-state index is 4.91. The Morgan fingerprint density at radius 2 is 1.50 bits per heavy atom. The van der Waals surface area contributed by atoms with Crippen molar-refractivity contribution in [2.24, 2.45) is 0 Å². The number of imidazole rings is 1. The Morgan fingerprint density at radius 3 is 2.33 bits per heavy atom. The highest BCUT2D eigenvalue weighted by atomic mass is 15.1. The molecule has 2 nitrogen and oxygen atoms in total. The van der Waals surface area contributed by atoms with Crippen LogP contribution in [-0.2, 0) is 13.0 Å². The zero-order valence-corrected chi connectivity index (χ0v) is 13.8. The summed E-state index contributed by atoms with van der Waals surface area (Å²) in [6.07, 6.45) is 0.855. The summed E-state index contributed by atoms with van der Waals surface area (Å²) in [4.78, 5) is 4.91. The van der Waals surface area contributed by atoms with E-state index in [1.165, 1.54) is 22.2 Å². The third-order valence-corrected chi connectivity index (χ3v) is 4.53. The van der Waals surface area contributed by atoms with Gasteiger partial charge >= 0.3 is 0 Å². The lowest BCUT2D eigenvalue weighted by atomic mass is 10.1. The molecular weight excluding hydrogens is 292 g/mol. The number of fused-ring (bicyclic) bond motifs is 1.